The molecule has 0 aromatic heterocycles. The summed E-state index contributed by atoms with van der Waals surface area (Å²) in [7, 11) is 0. The van der Waals surface area contributed by atoms with Gasteiger partial charge in [0.1, 0.15) is 11.6 Å². The van der Waals surface area contributed by atoms with Gasteiger partial charge in [-0.2, -0.15) is 0 Å². The molecule has 28 heavy (non-hydrogen) atoms. The van der Waals surface area contributed by atoms with E-state index >= 15 is 0 Å². The molecule has 1 heterocycles. The number of ether oxygens (including phenoxy) is 1. The van der Waals surface area contributed by atoms with Crippen LogP contribution in [0.1, 0.15) is 22.3 Å². The van der Waals surface area contributed by atoms with E-state index in [1.165, 1.54) is 18.2 Å². The second kappa shape index (κ2) is 9.06. The number of benzene rings is 2. The lowest BCUT2D eigenvalue weighted by molar-refractivity contribution is -0.133. The number of nitrogens with zero attached hydrogens (tertiary/aromatic N) is 2. The maximum absolute atomic E-state index is 14.0. The molecule has 0 radical (unpaired) electrons. The molecule has 2 aromatic carbocycles. The van der Waals surface area contributed by atoms with E-state index in [0.29, 0.717) is 38.3 Å². The summed E-state index contributed by atoms with van der Waals surface area (Å²) >= 11 is 6.00. The number of rotatable bonds is 4. The second-order valence-corrected chi connectivity index (χ2v) is 7.13. The van der Waals surface area contributed by atoms with Crippen LogP contribution in [0.2, 0.25) is 5.02 Å². The van der Waals surface area contributed by atoms with Gasteiger partial charge in [0.15, 0.2) is 6.61 Å². The number of hydrogen-bond acceptors (Lipinski definition) is 3. The molecule has 0 unspecified atom stereocenters. The Morgan fingerprint density at radius 2 is 1.71 bits per heavy atom. The van der Waals surface area contributed by atoms with Gasteiger partial charge >= 0.3 is 0 Å². The predicted octanol–water partition coefficient (Wildman–Crippen LogP) is 3.54. The average Bonchev–Trinajstić information content (AvgIpc) is 2.93. The molecule has 1 saturated heterocycles. The molecule has 0 bridgehead atoms. The van der Waals surface area contributed by atoms with Crippen LogP contribution in [-0.2, 0) is 4.79 Å². The van der Waals surface area contributed by atoms with Crippen LogP contribution < -0.4 is 4.74 Å². The predicted molar refractivity (Wildman–Crippen MR) is 105 cm³/mol. The highest BCUT2D eigenvalue weighted by atomic mass is 35.5. The smallest absolute Gasteiger partial charge is 0.260 e. The van der Waals surface area contributed by atoms with Crippen LogP contribution in [0.3, 0.4) is 0 Å². The van der Waals surface area contributed by atoms with Crippen molar-refractivity contribution in [2.24, 2.45) is 0 Å². The molecule has 7 heteroatoms. The molecular formula is C21H22ClFN2O3. The van der Waals surface area contributed by atoms with Gasteiger partial charge in [0.25, 0.3) is 11.8 Å². The van der Waals surface area contributed by atoms with E-state index in [9.17, 15) is 14.0 Å². The van der Waals surface area contributed by atoms with Crippen molar-refractivity contribution in [2.45, 2.75) is 13.3 Å². The monoisotopic (exact) mass is 404 g/mol. The minimum Gasteiger partial charge on any atom is -0.484 e. The van der Waals surface area contributed by atoms with Crippen molar-refractivity contribution < 1.29 is 18.7 Å². The van der Waals surface area contributed by atoms with Crippen LogP contribution >= 0.6 is 11.6 Å². The van der Waals surface area contributed by atoms with E-state index in [4.69, 9.17) is 16.3 Å². The van der Waals surface area contributed by atoms with Gasteiger partial charge in [0.2, 0.25) is 0 Å². The molecule has 2 amide bonds. The zero-order valence-corrected chi connectivity index (χ0v) is 16.4. The number of halogens is 2. The van der Waals surface area contributed by atoms with Crippen LogP contribution in [0.4, 0.5) is 4.39 Å². The highest BCUT2D eigenvalue weighted by Gasteiger charge is 2.26. The Hall–Kier alpha value is -2.60. The van der Waals surface area contributed by atoms with Gasteiger partial charge in [-0.05, 0) is 37.6 Å². The SMILES string of the molecule is Cc1ccc(OCC(=O)N2CCCN(C(=O)c3c(F)cccc3Cl)CC2)cc1. The molecule has 148 valence electrons. The first-order valence-corrected chi connectivity index (χ1v) is 9.54. The molecule has 0 N–H and O–H groups in total. The third-order valence-corrected chi connectivity index (χ3v) is 5.01. The van der Waals surface area contributed by atoms with Crippen molar-refractivity contribution in [3.63, 3.8) is 0 Å². The van der Waals surface area contributed by atoms with Crippen molar-refractivity contribution in [2.75, 3.05) is 32.8 Å². The van der Waals surface area contributed by atoms with Crippen molar-refractivity contribution in [1.82, 2.24) is 9.80 Å². The van der Waals surface area contributed by atoms with Crippen LogP contribution in [0.5, 0.6) is 5.75 Å². The summed E-state index contributed by atoms with van der Waals surface area (Å²) < 4.78 is 19.6. The summed E-state index contributed by atoms with van der Waals surface area (Å²) in [6.07, 6.45) is 0.605. The summed E-state index contributed by atoms with van der Waals surface area (Å²) in [4.78, 5) is 28.4. The van der Waals surface area contributed by atoms with E-state index in [2.05, 4.69) is 0 Å². The van der Waals surface area contributed by atoms with E-state index in [1.54, 1.807) is 9.80 Å². The van der Waals surface area contributed by atoms with Crippen LogP contribution in [0.15, 0.2) is 42.5 Å². The summed E-state index contributed by atoms with van der Waals surface area (Å²) in [6, 6.07) is 11.7. The van der Waals surface area contributed by atoms with Gasteiger partial charge in [-0.3, -0.25) is 9.59 Å². The first-order chi connectivity index (χ1) is 13.5. The van der Waals surface area contributed by atoms with E-state index in [1.807, 2.05) is 31.2 Å². The molecule has 1 aliphatic rings. The van der Waals surface area contributed by atoms with Gasteiger partial charge in [-0.15, -0.1) is 0 Å². The quantitative estimate of drug-likeness (QED) is 0.783. The van der Waals surface area contributed by atoms with Gasteiger partial charge in [0, 0.05) is 26.2 Å². The van der Waals surface area contributed by atoms with Crippen LogP contribution in [0.25, 0.3) is 0 Å². The summed E-state index contributed by atoms with van der Waals surface area (Å²) in [5.74, 6) is -0.590. The van der Waals surface area contributed by atoms with E-state index in [-0.39, 0.29) is 23.1 Å². The Labute approximate surface area is 168 Å². The Balaban J connectivity index is 1.57. The fraction of sp³-hybridized carbons (Fsp3) is 0.333. The maximum Gasteiger partial charge on any atom is 0.260 e. The van der Waals surface area contributed by atoms with Gasteiger partial charge < -0.3 is 14.5 Å². The first kappa shape index (κ1) is 20.1. The Kier molecular flexibility index (Phi) is 6.52. The minimum absolute atomic E-state index is 0.0594. The number of amides is 2. The van der Waals surface area contributed by atoms with E-state index in [0.717, 1.165) is 5.56 Å². The molecule has 0 aliphatic carbocycles. The Bertz CT molecular complexity index is 837. The standard InChI is InChI=1S/C21H22ClFN2O3/c1-15-6-8-16(9-7-15)28-14-19(26)24-10-3-11-25(13-12-24)21(27)20-17(22)4-2-5-18(20)23/h2,4-9H,3,10-14H2,1H3. The number of hydrogen-bond donors (Lipinski definition) is 0. The molecule has 2 aromatic rings. The minimum atomic E-state index is -0.638. The second-order valence-electron chi connectivity index (χ2n) is 6.72. The Morgan fingerprint density at radius 3 is 2.43 bits per heavy atom. The van der Waals surface area contributed by atoms with Crippen molar-refractivity contribution >= 4 is 23.4 Å². The van der Waals surface area contributed by atoms with Gasteiger partial charge in [-0.25, -0.2) is 4.39 Å². The molecule has 3 rings (SSSR count). The average molecular weight is 405 g/mol. The van der Waals surface area contributed by atoms with Crippen molar-refractivity contribution in [3.05, 3.63) is 64.4 Å². The zero-order valence-electron chi connectivity index (χ0n) is 15.7. The summed E-state index contributed by atoms with van der Waals surface area (Å²) in [5, 5.41) is 0.0914. The van der Waals surface area contributed by atoms with E-state index < -0.39 is 11.7 Å². The third kappa shape index (κ3) is 4.81. The fourth-order valence-electron chi connectivity index (χ4n) is 3.10. The van der Waals surface area contributed by atoms with Crippen molar-refractivity contribution in [1.29, 1.82) is 0 Å². The van der Waals surface area contributed by atoms with Crippen LogP contribution in [-0.4, -0.2) is 54.4 Å². The molecule has 1 aliphatic heterocycles. The van der Waals surface area contributed by atoms with Crippen LogP contribution in [0, 0.1) is 12.7 Å². The number of carbonyl (C=O) groups is 2. The maximum atomic E-state index is 14.0. The lowest BCUT2D eigenvalue weighted by atomic mass is 10.1. The summed E-state index contributed by atoms with van der Waals surface area (Å²) in [6.45, 7) is 3.56. The molecule has 1 fully saturated rings. The number of carbonyl (C=O) groups excluding carboxylic acids is 2. The Morgan fingerprint density at radius 1 is 1.04 bits per heavy atom. The molecule has 5 nitrogen and oxygen atoms in total. The zero-order chi connectivity index (χ0) is 20.1. The topological polar surface area (TPSA) is 49.9 Å². The molecule has 0 spiro atoms. The summed E-state index contributed by atoms with van der Waals surface area (Å²) in [5.41, 5.74) is 0.998. The first-order valence-electron chi connectivity index (χ1n) is 9.16. The molecule has 0 saturated carbocycles. The van der Waals surface area contributed by atoms with Crippen molar-refractivity contribution in [3.8, 4) is 5.75 Å². The van der Waals surface area contributed by atoms with Gasteiger partial charge in [-0.1, -0.05) is 35.4 Å². The fourth-order valence-corrected chi connectivity index (χ4v) is 3.34. The lowest BCUT2D eigenvalue weighted by Gasteiger charge is -2.23. The molecular weight excluding hydrogens is 383 g/mol. The highest BCUT2D eigenvalue weighted by Crippen LogP contribution is 2.21. The third-order valence-electron chi connectivity index (χ3n) is 4.70. The lowest BCUT2D eigenvalue weighted by Crippen LogP contribution is -2.39. The number of aryl methyl sites for hydroxylation is 1. The normalized spacial score (nSPS) is 14.5. The van der Waals surface area contributed by atoms with Gasteiger partial charge in [0.05, 0.1) is 10.6 Å². The highest BCUT2D eigenvalue weighted by molar-refractivity contribution is 6.33. The largest absolute Gasteiger partial charge is 0.484 e. The molecule has 0 atom stereocenters.